The van der Waals surface area contributed by atoms with Crippen molar-refractivity contribution in [1.82, 2.24) is 0 Å². The lowest BCUT2D eigenvalue weighted by molar-refractivity contribution is 0.601. The van der Waals surface area contributed by atoms with Gasteiger partial charge in [0.25, 0.3) is 10.0 Å². The number of nitrogens with two attached hydrogens (primary N) is 1. The van der Waals surface area contributed by atoms with Gasteiger partial charge in [-0.2, -0.15) is 0 Å². The quantitative estimate of drug-likeness (QED) is 0.903. The standard InChI is InChI=1S/C13H12Cl2N2O2S/c14-10-5-3-7-12(13(10)15)20(18,19)17-11-6-2-1-4-9(11)8-16/h1-7,17H,8,16H2. The van der Waals surface area contributed by atoms with Crippen molar-refractivity contribution in [3.63, 3.8) is 0 Å². The minimum absolute atomic E-state index is 0.00750. The lowest BCUT2D eigenvalue weighted by Gasteiger charge is -2.12. The third-order valence-corrected chi connectivity index (χ3v) is 5.03. The number of halogens is 2. The van der Waals surface area contributed by atoms with Crippen LogP contribution in [-0.4, -0.2) is 8.42 Å². The van der Waals surface area contributed by atoms with Gasteiger partial charge in [-0.05, 0) is 23.8 Å². The first-order valence-electron chi connectivity index (χ1n) is 5.70. The molecule has 3 N–H and O–H groups in total. The first kappa shape index (κ1) is 15.1. The van der Waals surface area contributed by atoms with Crippen LogP contribution in [-0.2, 0) is 16.6 Å². The van der Waals surface area contributed by atoms with Gasteiger partial charge < -0.3 is 5.73 Å². The lowest BCUT2D eigenvalue weighted by Crippen LogP contribution is -2.15. The summed E-state index contributed by atoms with van der Waals surface area (Å²) in [4.78, 5) is -0.0708. The second-order valence-electron chi connectivity index (χ2n) is 4.02. The number of nitrogens with one attached hydrogen (secondary N) is 1. The summed E-state index contributed by atoms with van der Waals surface area (Å²) in [6.07, 6.45) is 0. The van der Waals surface area contributed by atoms with Gasteiger partial charge in [0.2, 0.25) is 0 Å². The Morgan fingerprint density at radius 1 is 1.05 bits per heavy atom. The Morgan fingerprint density at radius 3 is 2.45 bits per heavy atom. The number of hydrogen-bond acceptors (Lipinski definition) is 3. The van der Waals surface area contributed by atoms with Gasteiger partial charge in [-0.25, -0.2) is 8.42 Å². The number of hydrogen-bond donors (Lipinski definition) is 2. The monoisotopic (exact) mass is 330 g/mol. The lowest BCUT2D eigenvalue weighted by atomic mass is 10.2. The molecule has 0 aliphatic rings. The second-order valence-corrected chi connectivity index (χ2v) is 6.45. The highest BCUT2D eigenvalue weighted by Crippen LogP contribution is 2.30. The molecule has 0 unspecified atom stereocenters. The molecule has 0 bridgehead atoms. The maximum absolute atomic E-state index is 12.3. The van der Waals surface area contributed by atoms with Crippen molar-refractivity contribution in [1.29, 1.82) is 0 Å². The van der Waals surface area contributed by atoms with Crippen LogP contribution < -0.4 is 10.5 Å². The largest absolute Gasteiger partial charge is 0.326 e. The van der Waals surface area contributed by atoms with E-state index in [-0.39, 0.29) is 21.5 Å². The van der Waals surface area contributed by atoms with E-state index in [1.165, 1.54) is 18.2 Å². The number of anilines is 1. The van der Waals surface area contributed by atoms with Crippen LogP contribution in [0.1, 0.15) is 5.56 Å². The van der Waals surface area contributed by atoms with Crippen LogP contribution >= 0.6 is 23.2 Å². The number of sulfonamides is 1. The zero-order chi connectivity index (χ0) is 14.8. The molecular weight excluding hydrogens is 319 g/mol. The van der Waals surface area contributed by atoms with Crippen LogP contribution in [0.2, 0.25) is 10.0 Å². The van der Waals surface area contributed by atoms with E-state index in [4.69, 9.17) is 28.9 Å². The summed E-state index contributed by atoms with van der Waals surface area (Å²) in [5.41, 5.74) is 6.69. The fraction of sp³-hybridized carbons (Fsp3) is 0.0769. The number of rotatable bonds is 4. The molecule has 0 aromatic heterocycles. The Morgan fingerprint density at radius 2 is 1.75 bits per heavy atom. The molecule has 0 heterocycles. The molecule has 0 saturated carbocycles. The van der Waals surface area contributed by atoms with Gasteiger partial charge in [-0.1, -0.05) is 47.5 Å². The molecule has 2 aromatic carbocycles. The van der Waals surface area contributed by atoms with Crippen molar-refractivity contribution in [3.05, 3.63) is 58.1 Å². The summed E-state index contributed by atoms with van der Waals surface area (Å²) in [6, 6.07) is 11.3. The van der Waals surface area contributed by atoms with Crippen LogP contribution in [0.5, 0.6) is 0 Å². The van der Waals surface area contributed by atoms with Crippen LogP contribution in [0.25, 0.3) is 0 Å². The van der Waals surface area contributed by atoms with Crippen molar-refractivity contribution in [2.75, 3.05) is 4.72 Å². The van der Waals surface area contributed by atoms with Gasteiger partial charge in [-0.3, -0.25) is 4.72 Å². The highest BCUT2D eigenvalue weighted by Gasteiger charge is 2.20. The minimum atomic E-state index is -3.82. The fourth-order valence-electron chi connectivity index (χ4n) is 1.69. The third kappa shape index (κ3) is 3.07. The van der Waals surface area contributed by atoms with Crippen LogP contribution in [0.4, 0.5) is 5.69 Å². The Kier molecular flexibility index (Phi) is 4.55. The zero-order valence-corrected chi connectivity index (χ0v) is 12.6. The predicted octanol–water partition coefficient (Wildman–Crippen LogP) is 3.25. The minimum Gasteiger partial charge on any atom is -0.326 e. The molecule has 0 spiro atoms. The Balaban J connectivity index is 2.44. The van der Waals surface area contributed by atoms with E-state index >= 15 is 0 Å². The summed E-state index contributed by atoms with van der Waals surface area (Å²) in [5, 5.41) is 0.175. The molecule has 106 valence electrons. The van der Waals surface area contributed by atoms with Gasteiger partial charge in [0, 0.05) is 6.54 Å². The first-order chi connectivity index (χ1) is 9.45. The Bertz CT molecular complexity index is 733. The molecule has 2 rings (SSSR count). The zero-order valence-electron chi connectivity index (χ0n) is 10.3. The van der Waals surface area contributed by atoms with Gasteiger partial charge >= 0.3 is 0 Å². The van der Waals surface area contributed by atoms with E-state index in [1.807, 2.05) is 0 Å². The smallest absolute Gasteiger partial charge is 0.263 e. The van der Waals surface area contributed by atoms with Gasteiger partial charge in [-0.15, -0.1) is 0 Å². The van der Waals surface area contributed by atoms with Crippen molar-refractivity contribution in [2.24, 2.45) is 5.73 Å². The van der Waals surface area contributed by atoms with E-state index in [0.717, 1.165) is 0 Å². The average molecular weight is 331 g/mol. The molecule has 7 heteroatoms. The predicted molar refractivity (Wildman–Crippen MR) is 81.6 cm³/mol. The normalized spacial score (nSPS) is 11.3. The van der Waals surface area contributed by atoms with E-state index in [9.17, 15) is 8.42 Å². The molecule has 0 radical (unpaired) electrons. The highest BCUT2D eigenvalue weighted by atomic mass is 35.5. The molecule has 2 aromatic rings. The molecule has 0 aliphatic carbocycles. The van der Waals surface area contributed by atoms with Crippen molar-refractivity contribution < 1.29 is 8.42 Å². The SMILES string of the molecule is NCc1ccccc1NS(=O)(=O)c1cccc(Cl)c1Cl. The summed E-state index contributed by atoms with van der Waals surface area (Å²) in [5.74, 6) is 0. The molecular formula is C13H12Cl2N2O2S. The summed E-state index contributed by atoms with van der Waals surface area (Å²) < 4.78 is 27.2. The number of benzene rings is 2. The molecule has 0 fully saturated rings. The van der Waals surface area contributed by atoms with Crippen LogP contribution in [0, 0.1) is 0 Å². The van der Waals surface area contributed by atoms with Crippen molar-refractivity contribution >= 4 is 38.9 Å². The van der Waals surface area contributed by atoms with Crippen molar-refractivity contribution in [3.8, 4) is 0 Å². The summed E-state index contributed by atoms with van der Waals surface area (Å²) in [6.45, 7) is 0.224. The van der Waals surface area contributed by atoms with E-state index < -0.39 is 10.0 Å². The number of para-hydroxylation sites is 1. The highest BCUT2D eigenvalue weighted by molar-refractivity contribution is 7.92. The van der Waals surface area contributed by atoms with Gasteiger partial charge in [0.1, 0.15) is 4.90 Å². The summed E-state index contributed by atoms with van der Waals surface area (Å²) in [7, 11) is -3.82. The molecule has 20 heavy (non-hydrogen) atoms. The van der Waals surface area contributed by atoms with Crippen LogP contribution in [0.15, 0.2) is 47.4 Å². The second kappa shape index (κ2) is 6.01. The van der Waals surface area contributed by atoms with Crippen LogP contribution in [0.3, 0.4) is 0 Å². The fourth-order valence-corrected chi connectivity index (χ4v) is 3.55. The van der Waals surface area contributed by atoms with E-state index in [2.05, 4.69) is 4.72 Å². The summed E-state index contributed by atoms with van der Waals surface area (Å²) >= 11 is 11.8. The van der Waals surface area contributed by atoms with Gasteiger partial charge in [0.15, 0.2) is 0 Å². The maximum Gasteiger partial charge on any atom is 0.263 e. The molecule has 0 amide bonds. The molecule has 4 nitrogen and oxygen atoms in total. The Hall–Kier alpha value is -1.27. The maximum atomic E-state index is 12.3. The van der Waals surface area contributed by atoms with E-state index in [0.29, 0.717) is 11.3 Å². The molecule has 0 aliphatic heterocycles. The van der Waals surface area contributed by atoms with E-state index in [1.54, 1.807) is 24.3 Å². The van der Waals surface area contributed by atoms with Crippen molar-refractivity contribution in [2.45, 2.75) is 11.4 Å². The Labute approximate surface area is 127 Å². The average Bonchev–Trinajstić information content (AvgIpc) is 2.42. The molecule has 0 saturated heterocycles. The third-order valence-electron chi connectivity index (χ3n) is 2.69. The molecule has 0 atom stereocenters. The first-order valence-corrected chi connectivity index (χ1v) is 7.94. The van der Waals surface area contributed by atoms with Gasteiger partial charge in [0.05, 0.1) is 15.7 Å². The topological polar surface area (TPSA) is 72.2 Å².